The Hall–Kier alpha value is -3.61. The van der Waals surface area contributed by atoms with E-state index in [9.17, 15) is 14.9 Å². The summed E-state index contributed by atoms with van der Waals surface area (Å²) in [6.07, 6.45) is 1.55. The number of carbonyl (C=O) groups excluding carboxylic acids is 1. The van der Waals surface area contributed by atoms with E-state index >= 15 is 0 Å². The molecule has 7 nitrogen and oxygen atoms in total. The smallest absolute Gasteiger partial charge is 0.270 e. The minimum Gasteiger partial charge on any atom is -0.457 e. The second-order valence-electron chi connectivity index (χ2n) is 7.05. The Kier molecular flexibility index (Phi) is 3.68. The summed E-state index contributed by atoms with van der Waals surface area (Å²) in [5, 5.41) is 14.4. The predicted octanol–water partition coefficient (Wildman–Crippen LogP) is 4.58. The fourth-order valence-electron chi connectivity index (χ4n) is 3.63. The Balaban J connectivity index is 1.52. The summed E-state index contributed by atoms with van der Waals surface area (Å²) in [6, 6.07) is 17.6. The highest BCUT2D eigenvalue weighted by Crippen LogP contribution is 2.41. The number of nitro benzene ring substituents is 1. The van der Waals surface area contributed by atoms with Crippen LogP contribution in [0.3, 0.4) is 0 Å². The van der Waals surface area contributed by atoms with Gasteiger partial charge in [-0.05, 0) is 37.1 Å². The first-order valence-electron chi connectivity index (χ1n) is 9.14. The van der Waals surface area contributed by atoms with E-state index in [-0.39, 0.29) is 17.6 Å². The first kappa shape index (κ1) is 16.6. The summed E-state index contributed by atoms with van der Waals surface area (Å²) < 4.78 is 6.04. The Morgan fingerprint density at radius 1 is 1.07 bits per heavy atom. The van der Waals surface area contributed by atoms with Crippen molar-refractivity contribution >= 4 is 17.3 Å². The number of para-hydroxylation sites is 1. The SMILES string of the molecule is O=C1c2ccccc2N[C@@H](c2ccc(-c3cccc([N+](=O)[O-])c3)o2)N1C1CC1. The zero-order chi connectivity index (χ0) is 19.3. The second kappa shape index (κ2) is 6.23. The maximum Gasteiger partial charge on any atom is 0.270 e. The Bertz CT molecular complexity index is 1090. The van der Waals surface area contributed by atoms with Crippen molar-refractivity contribution < 1.29 is 14.1 Å². The third kappa shape index (κ3) is 2.72. The number of rotatable bonds is 4. The summed E-state index contributed by atoms with van der Waals surface area (Å²) in [7, 11) is 0. The minimum atomic E-state index is -0.430. The molecule has 1 saturated carbocycles. The van der Waals surface area contributed by atoms with Crippen molar-refractivity contribution in [2.24, 2.45) is 0 Å². The van der Waals surface area contributed by atoms with Crippen LogP contribution >= 0.6 is 0 Å². The molecule has 0 spiro atoms. The zero-order valence-electron chi connectivity index (χ0n) is 14.9. The summed E-state index contributed by atoms with van der Waals surface area (Å²) in [5.74, 6) is 1.13. The first-order valence-corrected chi connectivity index (χ1v) is 9.14. The molecule has 140 valence electrons. The van der Waals surface area contributed by atoms with Gasteiger partial charge in [0.05, 0.1) is 10.5 Å². The first-order chi connectivity index (χ1) is 13.6. The topological polar surface area (TPSA) is 88.6 Å². The molecule has 1 N–H and O–H groups in total. The molecule has 0 radical (unpaired) electrons. The molecule has 0 unspecified atom stereocenters. The van der Waals surface area contributed by atoms with E-state index in [0.717, 1.165) is 18.5 Å². The van der Waals surface area contributed by atoms with Gasteiger partial charge in [-0.1, -0.05) is 24.3 Å². The Morgan fingerprint density at radius 2 is 1.89 bits per heavy atom. The molecule has 2 heterocycles. The van der Waals surface area contributed by atoms with Crippen LogP contribution in [-0.2, 0) is 0 Å². The number of nitro groups is 1. The molecule has 1 aromatic heterocycles. The average Bonchev–Trinajstić information content (AvgIpc) is 3.43. The monoisotopic (exact) mass is 375 g/mol. The van der Waals surface area contributed by atoms with Gasteiger partial charge in [0.15, 0.2) is 6.17 Å². The molecule has 3 aromatic rings. The fraction of sp³-hybridized carbons (Fsp3) is 0.190. The number of nitrogens with zero attached hydrogens (tertiary/aromatic N) is 2. The molecule has 28 heavy (non-hydrogen) atoms. The zero-order valence-corrected chi connectivity index (χ0v) is 14.9. The molecule has 0 bridgehead atoms. The van der Waals surface area contributed by atoms with Gasteiger partial charge in [0.25, 0.3) is 11.6 Å². The number of anilines is 1. The standard InChI is InChI=1S/C21H17N3O4/c25-21-16-6-1-2-7-17(16)22-20(23(21)14-8-9-14)19-11-10-18(28-19)13-4-3-5-15(12-13)24(26)27/h1-7,10-12,14,20,22H,8-9H2/t20-/m1/s1. The largest absolute Gasteiger partial charge is 0.457 e. The van der Waals surface area contributed by atoms with Crippen LogP contribution < -0.4 is 5.32 Å². The number of hydrogen-bond donors (Lipinski definition) is 1. The lowest BCUT2D eigenvalue weighted by Crippen LogP contribution is -2.44. The molecule has 1 atom stereocenters. The second-order valence-corrected chi connectivity index (χ2v) is 7.05. The summed E-state index contributed by atoms with van der Waals surface area (Å²) in [5.41, 5.74) is 2.08. The summed E-state index contributed by atoms with van der Waals surface area (Å²) in [4.78, 5) is 25.5. The van der Waals surface area contributed by atoms with Crippen LogP contribution in [0.2, 0.25) is 0 Å². The van der Waals surface area contributed by atoms with Crippen molar-refractivity contribution in [3.8, 4) is 11.3 Å². The van der Waals surface area contributed by atoms with E-state index in [0.29, 0.717) is 22.6 Å². The lowest BCUT2D eigenvalue weighted by molar-refractivity contribution is -0.384. The van der Waals surface area contributed by atoms with Crippen molar-refractivity contribution in [2.75, 3.05) is 5.32 Å². The number of amides is 1. The van der Waals surface area contributed by atoms with Crippen LogP contribution in [0.15, 0.2) is 65.1 Å². The third-order valence-electron chi connectivity index (χ3n) is 5.14. The number of non-ortho nitro benzene ring substituents is 1. The fourth-order valence-corrected chi connectivity index (χ4v) is 3.63. The van der Waals surface area contributed by atoms with Gasteiger partial charge < -0.3 is 14.6 Å². The Labute approximate surface area is 160 Å². The van der Waals surface area contributed by atoms with E-state index < -0.39 is 11.1 Å². The van der Waals surface area contributed by atoms with E-state index in [4.69, 9.17) is 4.42 Å². The van der Waals surface area contributed by atoms with Crippen LogP contribution in [0.4, 0.5) is 11.4 Å². The average molecular weight is 375 g/mol. The molecule has 1 fully saturated rings. The summed E-state index contributed by atoms with van der Waals surface area (Å²) in [6.45, 7) is 0. The third-order valence-corrected chi connectivity index (χ3v) is 5.14. The van der Waals surface area contributed by atoms with Crippen LogP contribution in [0.25, 0.3) is 11.3 Å². The van der Waals surface area contributed by atoms with Gasteiger partial charge in [-0.3, -0.25) is 14.9 Å². The van der Waals surface area contributed by atoms with Gasteiger partial charge in [0.2, 0.25) is 0 Å². The van der Waals surface area contributed by atoms with E-state index in [1.807, 2.05) is 35.2 Å². The van der Waals surface area contributed by atoms with Crippen LogP contribution in [-0.4, -0.2) is 21.8 Å². The van der Waals surface area contributed by atoms with E-state index in [2.05, 4.69) is 5.32 Å². The molecule has 2 aliphatic rings. The quantitative estimate of drug-likeness (QED) is 0.532. The maximum absolute atomic E-state index is 13.0. The van der Waals surface area contributed by atoms with Crippen molar-refractivity contribution in [1.29, 1.82) is 0 Å². The highest BCUT2D eigenvalue weighted by molar-refractivity contribution is 6.02. The van der Waals surface area contributed by atoms with Gasteiger partial charge in [-0.2, -0.15) is 0 Å². The normalized spacial score (nSPS) is 18.5. The molecule has 1 amide bonds. The number of fused-ring (bicyclic) bond motifs is 1. The highest BCUT2D eigenvalue weighted by Gasteiger charge is 2.43. The number of benzene rings is 2. The number of furan rings is 1. The molecule has 0 saturated heterocycles. The number of hydrogen-bond acceptors (Lipinski definition) is 5. The van der Waals surface area contributed by atoms with Crippen LogP contribution in [0, 0.1) is 10.1 Å². The van der Waals surface area contributed by atoms with Crippen molar-refractivity contribution in [2.45, 2.75) is 25.0 Å². The van der Waals surface area contributed by atoms with Crippen molar-refractivity contribution in [1.82, 2.24) is 4.90 Å². The van der Waals surface area contributed by atoms with Gasteiger partial charge in [0, 0.05) is 29.4 Å². The predicted molar refractivity (Wildman–Crippen MR) is 103 cm³/mol. The van der Waals surface area contributed by atoms with Crippen molar-refractivity contribution in [3.05, 3.63) is 82.1 Å². The van der Waals surface area contributed by atoms with Crippen LogP contribution in [0.1, 0.15) is 35.1 Å². The van der Waals surface area contributed by atoms with Gasteiger partial charge in [0.1, 0.15) is 11.5 Å². The number of nitrogens with one attached hydrogen (secondary N) is 1. The Morgan fingerprint density at radius 3 is 2.68 bits per heavy atom. The minimum absolute atomic E-state index is 0.00449. The lowest BCUT2D eigenvalue weighted by Gasteiger charge is -2.37. The molecule has 1 aliphatic carbocycles. The van der Waals surface area contributed by atoms with Gasteiger partial charge in [-0.15, -0.1) is 0 Å². The molecular formula is C21H17N3O4. The van der Waals surface area contributed by atoms with E-state index in [1.54, 1.807) is 18.2 Å². The summed E-state index contributed by atoms with van der Waals surface area (Å²) >= 11 is 0. The molecule has 1 aliphatic heterocycles. The molecule has 7 heteroatoms. The molecular weight excluding hydrogens is 358 g/mol. The maximum atomic E-state index is 13.0. The van der Waals surface area contributed by atoms with Crippen molar-refractivity contribution in [3.63, 3.8) is 0 Å². The van der Waals surface area contributed by atoms with Gasteiger partial charge >= 0.3 is 0 Å². The van der Waals surface area contributed by atoms with Gasteiger partial charge in [-0.25, -0.2) is 0 Å². The van der Waals surface area contributed by atoms with E-state index in [1.165, 1.54) is 12.1 Å². The number of carbonyl (C=O) groups is 1. The highest BCUT2D eigenvalue weighted by atomic mass is 16.6. The van der Waals surface area contributed by atoms with Crippen LogP contribution in [0.5, 0.6) is 0 Å². The molecule has 5 rings (SSSR count). The lowest BCUT2D eigenvalue weighted by atomic mass is 10.1. The molecule has 2 aromatic carbocycles.